The molecular formula is C15H19ClN2O. The summed E-state index contributed by atoms with van der Waals surface area (Å²) in [7, 11) is 0. The number of carbonyl (C=O) groups excluding carboxylic acids is 1. The minimum atomic E-state index is 0.0121. The molecule has 1 aromatic rings. The maximum absolute atomic E-state index is 12.2. The molecule has 0 aromatic heterocycles. The van der Waals surface area contributed by atoms with E-state index in [2.05, 4.69) is 10.6 Å². The second-order valence-corrected chi connectivity index (χ2v) is 6.17. The topological polar surface area (TPSA) is 41.1 Å². The van der Waals surface area contributed by atoms with E-state index in [1.54, 1.807) is 24.3 Å². The van der Waals surface area contributed by atoms with Crippen LogP contribution in [0.25, 0.3) is 0 Å². The van der Waals surface area contributed by atoms with Crippen LogP contribution in [-0.4, -0.2) is 24.0 Å². The Labute approximate surface area is 118 Å². The van der Waals surface area contributed by atoms with Crippen LogP contribution in [0.2, 0.25) is 5.02 Å². The monoisotopic (exact) mass is 278 g/mol. The molecule has 1 aliphatic heterocycles. The molecule has 1 aliphatic carbocycles. The number of amides is 1. The summed E-state index contributed by atoms with van der Waals surface area (Å²) < 4.78 is 0. The molecule has 1 heterocycles. The lowest BCUT2D eigenvalue weighted by Gasteiger charge is -2.48. The molecule has 1 amide bonds. The lowest BCUT2D eigenvalue weighted by molar-refractivity contribution is 0.0853. The van der Waals surface area contributed by atoms with E-state index in [0.717, 1.165) is 19.4 Å². The fourth-order valence-electron chi connectivity index (χ4n) is 3.14. The van der Waals surface area contributed by atoms with Crippen molar-refractivity contribution < 1.29 is 4.79 Å². The van der Waals surface area contributed by atoms with Crippen molar-refractivity contribution in [3.8, 4) is 0 Å². The van der Waals surface area contributed by atoms with Crippen molar-refractivity contribution in [2.75, 3.05) is 6.54 Å². The highest BCUT2D eigenvalue weighted by molar-refractivity contribution is 6.30. The van der Waals surface area contributed by atoms with Gasteiger partial charge >= 0.3 is 0 Å². The van der Waals surface area contributed by atoms with Crippen LogP contribution in [0.3, 0.4) is 0 Å². The Morgan fingerprint density at radius 1 is 1.32 bits per heavy atom. The molecule has 0 radical (unpaired) electrons. The molecule has 1 unspecified atom stereocenters. The summed E-state index contributed by atoms with van der Waals surface area (Å²) in [4.78, 5) is 12.2. The number of hydrogen-bond acceptors (Lipinski definition) is 2. The summed E-state index contributed by atoms with van der Waals surface area (Å²) in [5.74, 6) is 0.0121. The average Bonchev–Trinajstić information content (AvgIpc) is 2.38. The number of hydrogen-bond donors (Lipinski definition) is 2. The van der Waals surface area contributed by atoms with Gasteiger partial charge in [-0.05, 0) is 62.9 Å². The van der Waals surface area contributed by atoms with Crippen molar-refractivity contribution in [2.24, 2.45) is 0 Å². The summed E-state index contributed by atoms with van der Waals surface area (Å²) in [6, 6.07) is 7.36. The maximum atomic E-state index is 12.2. The highest BCUT2D eigenvalue weighted by Crippen LogP contribution is 2.38. The average molecular weight is 279 g/mol. The molecule has 1 atom stereocenters. The second-order valence-electron chi connectivity index (χ2n) is 5.73. The van der Waals surface area contributed by atoms with Crippen LogP contribution in [-0.2, 0) is 0 Å². The number of nitrogens with one attached hydrogen (secondary N) is 2. The third kappa shape index (κ3) is 2.77. The van der Waals surface area contributed by atoms with Gasteiger partial charge in [-0.3, -0.25) is 4.79 Å². The van der Waals surface area contributed by atoms with E-state index >= 15 is 0 Å². The summed E-state index contributed by atoms with van der Waals surface area (Å²) in [5.41, 5.74) is 1.00. The van der Waals surface area contributed by atoms with Gasteiger partial charge in [0.15, 0.2) is 0 Å². The molecule has 1 aromatic carbocycles. The van der Waals surface area contributed by atoms with Crippen molar-refractivity contribution in [1.82, 2.24) is 10.6 Å². The minimum Gasteiger partial charge on any atom is -0.349 e. The summed E-state index contributed by atoms with van der Waals surface area (Å²) >= 11 is 5.83. The first-order chi connectivity index (χ1) is 9.17. The Kier molecular flexibility index (Phi) is 3.50. The Morgan fingerprint density at radius 3 is 2.68 bits per heavy atom. The number of benzene rings is 1. The normalized spacial score (nSPS) is 24.8. The minimum absolute atomic E-state index is 0.0121. The van der Waals surface area contributed by atoms with Crippen LogP contribution in [0.15, 0.2) is 24.3 Å². The first-order valence-electron chi connectivity index (χ1n) is 6.98. The molecule has 2 aliphatic rings. The molecule has 0 bridgehead atoms. The van der Waals surface area contributed by atoms with Crippen molar-refractivity contribution in [3.05, 3.63) is 34.9 Å². The van der Waals surface area contributed by atoms with Gasteiger partial charge in [0.25, 0.3) is 5.91 Å². The highest BCUT2D eigenvalue weighted by Gasteiger charge is 2.41. The molecule has 2 N–H and O–H groups in total. The summed E-state index contributed by atoms with van der Waals surface area (Å²) in [6.45, 7) is 1.01. The lowest BCUT2D eigenvalue weighted by atomic mass is 9.70. The van der Waals surface area contributed by atoms with Crippen LogP contribution in [0.4, 0.5) is 0 Å². The predicted octanol–water partition coefficient (Wildman–Crippen LogP) is 2.74. The van der Waals surface area contributed by atoms with E-state index in [1.807, 2.05) is 0 Å². The lowest BCUT2D eigenvalue weighted by Crippen LogP contribution is -2.59. The number of rotatable bonds is 2. The summed E-state index contributed by atoms with van der Waals surface area (Å²) in [5, 5.41) is 7.43. The zero-order valence-corrected chi connectivity index (χ0v) is 11.7. The molecule has 4 heteroatoms. The van der Waals surface area contributed by atoms with Crippen LogP contribution < -0.4 is 10.6 Å². The third-order valence-corrected chi connectivity index (χ3v) is 4.63. The SMILES string of the molecule is O=C(NC1CCNC2(CCC2)C1)c1ccc(Cl)cc1. The van der Waals surface area contributed by atoms with Crippen LogP contribution in [0, 0.1) is 0 Å². The van der Waals surface area contributed by atoms with E-state index in [1.165, 1.54) is 19.3 Å². The van der Waals surface area contributed by atoms with Gasteiger partial charge in [0.05, 0.1) is 0 Å². The Balaban J connectivity index is 1.61. The smallest absolute Gasteiger partial charge is 0.251 e. The van der Waals surface area contributed by atoms with Gasteiger partial charge in [-0.25, -0.2) is 0 Å². The van der Waals surface area contributed by atoms with Crippen LogP contribution in [0.5, 0.6) is 0 Å². The first-order valence-corrected chi connectivity index (χ1v) is 7.36. The molecule has 1 spiro atoms. The largest absolute Gasteiger partial charge is 0.349 e. The molecule has 3 nitrogen and oxygen atoms in total. The van der Waals surface area contributed by atoms with Gasteiger partial charge in [-0.15, -0.1) is 0 Å². The second kappa shape index (κ2) is 5.14. The van der Waals surface area contributed by atoms with Crippen molar-refractivity contribution in [1.29, 1.82) is 0 Å². The standard InChI is InChI=1S/C15H19ClN2O/c16-12-4-2-11(3-5-12)14(19)18-13-6-9-17-15(10-13)7-1-8-15/h2-5,13,17H,1,6-10H2,(H,18,19). The molecule has 19 heavy (non-hydrogen) atoms. The number of halogens is 1. The van der Waals surface area contributed by atoms with Crippen molar-refractivity contribution >= 4 is 17.5 Å². The zero-order chi connectivity index (χ0) is 13.3. The molecular weight excluding hydrogens is 260 g/mol. The van der Waals surface area contributed by atoms with Gasteiger partial charge in [-0.1, -0.05) is 11.6 Å². The van der Waals surface area contributed by atoms with Crippen LogP contribution in [0.1, 0.15) is 42.5 Å². The Morgan fingerprint density at radius 2 is 2.05 bits per heavy atom. The van der Waals surface area contributed by atoms with Crippen molar-refractivity contribution in [3.63, 3.8) is 0 Å². The first kappa shape index (κ1) is 12.9. The van der Waals surface area contributed by atoms with Gasteiger partial charge < -0.3 is 10.6 Å². The van der Waals surface area contributed by atoms with Gasteiger partial charge in [0, 0.05) is 22.2 Å². The van der Waals surface area contributed by atoms with Crippen LogP contribution >= 0.6 is 11.6 Å². The molecule has 102 valence electrons. The Hall–Kier alpha value is -1.06. The van der Waals surface area contributed by atoms with E-state index in [0.29, 0.717) is 22.2 Å². The quantitative estimate of drug-likeness (QED) is 0.873. The van der Waals surface area contributed by atoms with Gasteiger partial charge in [0.1, 0.15) is 0 Å². The number of piperidine rings is 1. The molecule has 1 saturated heterocycles. The third-order valence-electron chi connectivity index (χ3n) is 4.38. The Bertz CT molecular complexity index is 468. The molecule has 3 rings (SSSR count). The number of carbonyl (C=O) groups is 1. The zero-order valence-electron chi connectivity index (χ0n) is 10.9. The predicted molar refractivity (Wildman–Crippen MR) is 76.5 cm³/mol. The van der Waals surface area contributed by atoms with E-state index in [9.17, 15) is 4.79 Å². The fourth-order valence-corrected chi connectivity index (χ4v) is 3.26. The van der Waals surface area contributed by atoms with E-state index < -0.39 is 0 Å². The highest BCUT2D eigenvalue weighted by atomic mass is 35.5. The molecule has 2 fully saturated rings. The van der Waals surface area contributed by atoms with E-state index in [-0.39, 0.29) is 5.91 Å². The van der Waals surface area contributed by atoms with Crippen molar-refractivity contribution in [2.45, 2.75) is 43.7 Å². The molecule has 1 saturated carbocycles. The van der Waals surface area contributed by atoms with E-state index in [4.69, 9.17) is 11.6 Å². The maximum Gasteiger partial charge on any atom is 0.251 e. The fraction of sp³-hybridized carbons (Fsp3) is 0.533. The van der Waals surface area contributed by atoms with Gasteiger partial charge in [0.2, 0.25) is 0 Å². The van der Waals surface area contributed by atoms with Gasteiger partial charge in [-0.2, -0.15) is 0 Å². The summed E-state index contributed by atoms with van der Waals surface area (Å²) in [6.07, 6.45) is 5.89.